The Hall–Kier alpha value is -3.99. The summed E-state index contributed by atoms with van der Waals surface area (Å²) in [5.74, 6) is -7.13. The number of benzene rings is 1. The molecule has 0 aliphatic rings. The molecule has 3 unspecified atom stereocenters. The summed E-state index contributed by atoms with van der Waals surface area (Å²) in [5.41, 5.74) is -2.47. The molecule has 256 valence electrons. The summed E-state index contributed by atoms with van der Waals surface area (Å²) in [6.45, 7) is 4.37. The molecule has 1 aromatic carbocycles. The fraction of sp³-hybridized carbons (Fsp3) is 0.571. The number of ketones is 1. The number of carbonyl (C=O) groups is 5. The normalized spacial score (nSPS) is 14.1. The predicted molar refractivity (Wildman–Crippen MR) is 174 cm³/mol. The molecule has 11 nitrogen and oxygen atoms in total. The number of carbonyl (C=O) groups excluding carboxylic acids is 2. The minimum atomic E-state index is -3.02. The van der Waals surface area contributed by atoms with Gasteiger partial charge in [0.1, 0.15) is 24.2 Å². The van der Waals surface area contributed by atoms with Gasteiger partial charge in [-0.15, -0.1) is 0 Å². The Morgan fingerprint density at radius 3 is 2.02 bits per heavy atom. The largest absolute Gasteiger partial charge is 0.490 e. The fourth-order valence-electron chi connectivity index (χ4n) is 4.89. The Morgan fingerprint density at radius 2 is 1.48 bits per heavy atom. The summed E-state index contributed by atoms with van der Waals surface area (Å²) in [4.78, 5) is 60.8. The molecular formula is C35H51NO10. The Balaban J connectivity index is 2.83. The van der Waals surface area contributed by atoms with Gasteiger partial charge in [0.2, 0.25) is 5.91 Å². The second-order valence-electron chi connectivity index (χ2n) is 11.5. The second kappa shape index (κ2) is 22.5. The van der Waals surface area contributed by atoms with Crippen LogP contribution in [0.1, 0.15) is 103 Å². The Labute approximate surface area is 271 Å². The van der Waals surface area contributed by atoms with E-state index in [-0.39, 0.29) is 12.2 Å². The molecule has 5 N–H and O–H groups in total. The molecule has 0 saturated carbocycles. The molecule has 46 heavy (non-hydrogen) atoms. The number of aliphatic hydroxyl groups is 1. The Kier molecular flexibility index (Phi) is 19.6. The van der Waals surface area contributed by atoms with Crippen molar-refractivity contribution in [1.82, 2.24) is 5.32 Å². The molecule has 11 heteroatoms. The van der Waals surface area contributed by atoms with E-state index in [9.17, 15) is 44.4 Å². The van der Waals surface area contributed by atoms with Crippen LogP contribution in [0.15, 0.2) is 48.6 Å². The van der Waals surface area contributed by atoms with Gasteiger partial charge in [-0.1, -0.05) is 81.9 Å². The van der Waals surface area contributed by atoms with Crippen molar-refractivity contribution in [2.45, 2.75) is 115 Å². The molecule has 1 aromatic rings. The maximum Gasteiger partial charge on any atom is 0.337 e. The molecule has 0 bridgehead atoms. The van der Waals surface area contributed by atoms with E-state index in [4.69, 9.17) is 4.74 Å². The van der Waals surface area contributed by atoms with E-state index in [2.05, 4.69) is 12.2 Å². The van der Waals surface area contributed by atoms with Crippen molar-refractivity contribution >= 4 is 29.6 Å². The molecule has 0 aliphatic heterocycles. The fourth-order valence-corrected chi connectivity index (χ4v) is 4.89. The first kappa shape index (κ1) is 40.0. The van der Waals surface area contributed by atoms with E-state index in [1.54, 1.807) is 24.3 Å². The van der Waals surface area contributed by atoms with E-state index >= 15 is 0 Å². The van der Waals surface area contributed by atoms with E-state index in [1.807, 2.05) is 19.1 Å². The molecule has 3 atom stereocenters. The zero-order valence-electron chi connectivity index (χ0n) is 27.1. The molecule has 0 aromatic heterocycles. The number of carboxylic acids is 3. The number of aliphatic carboxylic acids is 3. The highest BCUT2D eigenvalue weighted by Crippen LogP contribution is 2.26. The number of amides is 1. The molecule has 0 spiro atoms. The highest BCUT2D eigenvalue weighted by atomic mass is 16.5. The lowest BCUT2D eigenvalue weighted by Gasteiger charge is -2.29. The standard InChI is InChI=1S/C35H51NO10/c1-3-5-7-10-13-16-27(37)17-14-11-8-9-12-15-18-29(35(45,34(43)44)25-31(38)39)32(40)36-30(33(41)42)24-26-19-21-28(22-20-26)46-23-6-4-2/h4,6,15,18-22,29-30,45H,3,5,7-14,16-17,23-25H2,1-2H3,(H,36,40)(H,38,39)(H,41,42)(H,43,44)/b6-4+,18-15+. The smallest absolute Gasteiger partial charge is 0.337 e. The van der Waals surface area contributed by atoms with Crippen molar-refractivity contribution in [1.29, 1.82) is 0 Å². The quantitative estimate of drug-likeness (QED) is 0.0637. The van der Waals surface area contributed by atoms with Gasteiger partial charge in [-0.2, -0.15) is 0 Å². The summed E-state index contributed by atoms with van der Waals surface area (Å²) < 4.78 is 5.52. The van der Waals surface area contributed by atoms with Crippen molar-refractivity contribution in [3.63, 3.8) is 0 Å². The van der Waals surface area contributed by atoms with Gasteiger partial charge in [-0.05, 0) is 50.3 Å². The molecular weight excluding hydrogens is 594 g/mol. The summed E-state index contributed by atoms with van der Waals surface area (Å²) in [6, 6.07) is 5.07. The number of rotatable bonds is 26. The number of carboxylic acid groups (broad SMARTS) is 3. The van der Waals surface area contributed by atoms with E-state index in [1.165, 1.54) is 12.5 Å². The third-order valence-electron chi connectivity index (χ3n) is 7.61. The molecule has 0 fully saturated rings. The lowest BCUT2D eigenvalue weighted by Crippen LogP contribution is -2.55. The van der Waals surface area contributed by atoms with Crippen LogP contribution in [0.5, 0.6) is 5.75 Å². The first-order valence-electron chi connectivity index (χ1n) is 16.2. The summed E-state index contributed by atoms with van der Waals surface area (Å²) in [7, 11) is 0. The minimum absolute atomic E-state index is 0.154. The van der Waals surface area contributed by atoms with Crippen LogP contribution in [0, 0.1) is 5.92 Å². The SMILES string of the molecule is C/C=C/COc1ccc(CC(NC(=O)C(/C=C/CCCCCCC(=O)CCCCCCC)C(O)(CC(=O)O)C(=O)O)C(=O)O)cc1. The molecule has 0 saturated heterocycles. The zero-order valence-corrected chi connectivity index (χ0v) is 27.1. The molecule has 1 amide bonds. The van der Waals surface area contributed by atoms with E-state index in [0.717, 1.165) is 51.0 Å². The van der Waals surface area contributed by atoms with Gasteiger partial charge in [-0.3, -0.25) is 14.4 Å². The van der Waals surface area contributed by atoms with Crippen LogP contribution in [0.2, 0.25) is 0 Å². The molecule has 0 aliphatic carbocycles. The van der Waals surface area contributed by atoms with Crippen LogP contribution >= 0.6 is 0 Å². The number of hydrogen-bond acceptors (Lipinski definition) is 7. The zero-order chi connectivity index (χ0) is 34.4. The van der Waals surface area contributed by atoms with Crippen LogP contribution < -0.4 is 10.1 Å². The van der Waals surface area contributed by atoms with Gasteiger partial charge in [0.05, 0.1) is 12.3 Å². The van der Waals surface area contributed by atoms with Gasteiger partial charge in [0.15, 0.2) is 5.60 Å². The molecule has 0 heterocycles. The molecule has 0 radical (unpaired) electrons. The average Bonchev–Trinajstić information content (AvgIpc) is 3.00. The lowest BCUT2D eigenvalue weighted by atomic mass is 9.82. The summed E-state index contributed by atoms with van der Waals surface area (Å²) in [5, 5.41) is 42.0. The van der Waals surface area contributed by atoms with Crippen molar-refractivity contribution in [2.24, 2.45) is 5.92 Å². The lowest BCUT2D eigenvalue weighted by molar-refractivity contribution is -0.172. The van der Waals surface area contributed by atoms with Crippen molar-refractivity contribution in [3.8, 4) is 5.75 Å². The number of unbranched alkanes of at least 4 members (excludes halogenated alkanes) is 8. The number of ether oxygens (including phenoxy) is 1. The van der Waals surface area contributed by atoms with Crippen LogP contribution in [-0.4, -0.2) is 68.3 Å². The van der Waals surface area contributed by atoms with Crippen molar-refractivity contribution in [2.75, 3.05) is 6.61 Å². The maximum absolute atomic E-state index is 13.3. The number of nitrogens with one attached hydrogen (secondary N) is 1. The van der Waals surface area contributed by atoms with Gasteiger partial charge in [0, 0.05) is 19.3 Å². The topological polar surface area (TPSA) is 188 Å². The highest BCUT2D eigenvalue weighted by molar-refractivity contribution is 5.94. The van der Waals surface area contributed by atoms with E-state index in [0.29, 0.717) is 43.6 Å². The first-order chi connectivity index (χ1) is 21.9. The maximum atomic E-state index is 13.3. The van der Waals surface area contributed by atoms with Gasteiger partial charge >= 0.3 is 17.9 Å². The van der Waals surface area contributed by atoms with Crippen LogP contribution in [0.4, 0.5) is 0 Å². The predicted octanol–water partition coefficient (Wildman–Crippen LogP) is 5.49. The Bertz CT molecular complexity index is 1160. The third-order valence-corrected chi connectivity index (χ3v) is 7.61. The third kappa shape index (κ3) is 15.8. The number of allylic oxidation sites excluding steroid dienone is 2. The number of hydrogen-bond donors (Lipinski definition) is 5. The minimum Gasteiger partial charge on any atom is -0.490 e. The Morgan fingerprint density at radius 1 is 0.870 bits per heavy atom. The van der Waals surface area contributed by atoms with Crippen LogP contribution in [0.25, 0.3) is 0 Å². The van der Waals surface area contributed by atoms with Gasteiger partial charge in [-0.25, -0.2) is 9.59 Å². The van der Waals surface area contributed by atoms with Gasteiger partial charge < -0.3 is 30.5 Å². The highest BCUT2D eigenvalue weighted by Gasteiger charge is 2.49. The monoisotopic (exact) mass is 645 g/mol. The summed E-state index contributed by atoms with van der Waals surface area (Å²) >= 11 is 0. The van der Waals surface area contributed by atoms with Crippen LogP contribution in [-0.2, 0) is 30.4 Å². The van der Waals surface area contributed by atoms with Crippen molar-refractivity contribution < 1.29 is 49.1 Å². The van der Waals surface area contributed by atoms with Crippen molar-refractivity contribution in [3.05, 3.63) is 54.1 Å². The average molecular weight is 646 g/mol. The van der Waals surface area contributed by atoms with E-state index < -0.39 is 47.8 Å². The first-order valence-corrected chi connectivity index (χ1v) is 16.2. The second-order valence-corrected chi connectivity index (χ2v) is 11.5. The number of Topliss-reactive ketones (excluding diaryl/α,β-unsaturated/α-hetero) is 1. The molecule has 1 rings (SSSR count). The summed E-state index contributed by atoms with van der Waals surface area (Å²) in [6.07, 6.45) is 14.9. The van der Waals surface area contributed by atoms with Crippen LogP contribution in [0.3, 0.4) is 0 Å². The van der Waals surface area contributed by atoms with Gasteiger partial charge in [0.25, 0.3) is 0 Å².